The Balaban J connectivity index is 2.04. The van der Waals surface area contributed by atoms with Crippen LogP contribution >= 0.6 is 0 Å². The first-order valence-electron chi connectivity index (χ1n) is 5.56. The molecule has 0 spiro atoms. The number of hydrogen-bond donors (Lipinski definition) is 2. The predicted molar refractivity (Wildman–Crippen MR) is 68.8 cm³/mol. The topological polar surface area (TPSA) is 63.2 Å². The van der Waals surface area contributed by atoms with Gasteiger partial charge < -0.3 is 15.4 Å². The monoisotopic (exact) mass is 261 g/mol. The number of pyridine rings is 1. The lowest BCUT2D eigenvalue weighted by Crippen LogP contribution is -2.24. The number of amides is 2. The second-order valence-electron chi connectivity index (χ2n) is 3.63. The largest absolute Gasteiger partial charge is 0.439 e. The second kappa shape index (κ2) is 5.81. The Morgan fingerprint density at radius 2 is 1.95 bits per heavy atom. The van der Waals surface area contributed by atoms with Gasteiger partial charge in [0.15, 0.2) is 0 Å². The fourth-order valence-electron chi connectivity index (χ4n) is 1.37. The van der Waals surface area contributed by atoms with Crippen molar-refractivity contribution in [3.05, 3.63) is 48.4 Å². The Labute approximate surface area is 109 Å². The molecule has 2 N–H and O–H groups in total. The van der Waals surface area contributed by atoms with E-state index in [0.717, 1.165) is 0 Å². The van der Waals surface area contributed by atoms with Crippen molar-refractivity contribution in [1.29, 1.82) is 0 Å². The Bertz CT molecular complexity index is 572. The van der Waals surface area contributed by atoms with Crippen molar-refractivity contribution in [1.82, 2.24) is 10.3 Å². The molecule has 0 unspecified atom stereocenters. The fourth-order valence-corrected chi connectivity index (χ4v) is 1.37. The SMILES string of the molecule is CNC(=O)Nc1ccc(Oc2cccc(F)n2)cc1. The van der Waals surface area contributed by atoms with Crippen LogP contribution in [-0.4, -0.2) is 18.1 Å². The van der Waals surface area contributed by atoms with Gasteiger partial charge in [-0.15, -0.1) is 0 Å². The number of hydrogen-bond acceptors (Lipinski definition) is 3. The molecule has 0 saturated carbocycles. The van der Waals surface area contributed by atoms with E-state index in [2.05, 4.69) is 15.6 Å². The van der Waals surface area contributed by atoms with Gasteiger partial charge in [0, 0.05) is 18.8 Å². The third kappa shape index (κ3) is 3.67. The summed E-state index contributed by atoms with van der Waals surface area (Å²) in [5, 5.41) is 5.05. The summed E-state index contributed by atoms with van der Waals surface area (Å²) in [5.74, 6) is 0.0722. The summed E-state index contributed by atoms with van der Waals surface area (Å²) in [6.07, 6.45) is 0. The second-order valence-corrected chi connectivity index (χ2v) is 3.63. The highest BCUT2D eigenvalue weighted by molar-refractivity contribution is 5.88. The molecule has 2 aromatic rings. The molecule has 0 aliphatic rings. The van der Waals surface area contributed by atoms with Crippen LogP contribution in [0, 0.1) is 5.95 Å². The number of carbonyl (C=O) groups is 1. The van der Waals surface area contributed by atoms with Crippen LogP contribution in [0.15, 0.2) is 42.5 Å². The molecule has 0 bridgehead atoms. The zero-order valence-corrected chi connectivity index (χ0v) is 10.2. The minimum absolute atomic E-state index is 0.173. The van der Waals surface area contributed by atoms with E-state index in [1.54, 1.807) is 30.3 Å². The fraction of sp³-hybridized carbons (Fsp3) is 0.0769. The van der Waals surface area contributed by atoms with E-state index in [4.69, 9.17) is 4.74 Å². The molecule has 6 heteroatoms. The van der Waals surface area contributed by atoms with E-state index < -0.39 is 5.95 Å². The lowest BCUT2D eigenvalue weighted by molar-refractivity contribution is 0.254. The number of rotatable bonds is 3. The summed E-state index contributed by atoms with van der Waals surface area (Å²) < 4.78 is 18.2. The van der Waals surface area contributed by atoms with Gasteiger partial charge in [-0.1, -0.05) is 6.07 Å². The molecule has 1 aromatic carbocycles. The number of ether oxygens (including phenoxy) is 1. The molecule has 1 heterocycles. The van der Waals surface area contributed by atoms with Gasteiger partial charge in [0.1, 0.15) is 5.75 Å². The first-order chi connectivity index (χ1) is 9.17. The van der Waals surface area contributed by atoms with Crippen molar-refractivity contribution in [2.75, 3.05) is 12.4 Å². The third-order valence-corrected chi connectivity index (χ3v) is 2.25. The Kier molecular flexibility index (Phi) is 3.92. The average molecular weight is 261 g/mol. The molecule has 98 valence electrons. The minimum atomic E-state index is -0.601. The summed E-state index contributed by atoms with van der Waals surface area (Å²) in [6.45, 7) is 0. The number of carbonyl (C=O) groups excluding carboxylic acids is 1. The van der Waals surface area contributed by atoms with Crippen molar-refractivity contribution in [2.24, 2.45) is 0 Å². The third-order valence-electron chi connectivity index (χ3n) is 2.25. The first-order valence-corrected chi connectivity index (χ1v) is 5.56. The maximum atomic E-state index is 12.9. The molecule has 1 aromatic heterocycles. The van der Waals surface area contributed by atoms with Crippen LogP contribution in [0.3, 0.4) is 0 Å². The van der Waals surface area contributed by atoms with E-state index in [9.17, 15) is 9.18 Å². The molecule has 0 saturated heterocycles. The molecule has 19 heavy (non-hydrogen) atoms. The first kappa shape index (κ1) is 12.8. The summed E-state index contributed by atoms with van der Waals surface area (Å²) >= 11 is 0. The van der Waals surface area contributed by atoms with Crippen molar-refractivity contribution < 1.29 is 13.9 Å². The van der Waals surface area contributed by atoms with Gasteiger partial charge in [0.2, 0.25) is 11.8 Å². The molecule has 0 aliphatic carbocycles. The van der Waals surface area contributed by atoms with Gasteiger partial charge in [-0.2, -0.15) is 9.37 Å². The van der Waals surface area contributed by atoms with Crippen LogP contribution in [0.25, 0.3) is 0 Å². The van der Waals surface area contributed by atoms with E-state index >= 15 is 0 Å². The van der Waals surface area contributed by atoms with Gasteiger partial charge in [-0.3, -0.25) is 0 Å². The normalized spacial score (nSPS) is 9.79. The van der Waals surface area contributed by atoms with E-state index in [0.29, 0.717) is 11.4 Å². The minimum Gasteiger partial charge on any atom is -0.439 e. The van der Waals surface area contributed by atoms with Crippen molar-refractivity contribution in [3.63, 3.8) is 0 Å². The number of anilines is 1. The molecule has 0 atom stereocenters. The lowest BCUT2D eigenvalue weighted by Gasteiger charge is -2.07. The number of halogens is 1. The van der Waals surface area contributed by atoms with Crippen LogP contribution in [0.4, 0.5) is 14.9 Å². The van der Waals surface area contributed by atoms with Crippen LogP contribution in [0.5, 0.6) is 11.6 Å². The van der Waals surface area contributed by atoms with E-state index in [-0.39, 0.29) is 11.9 Å². The van der Waals surface area contributed by atoms with Crippen molar-refractivity contribution >= 4 is 11.7 Å². The molecule has 0 radical (unpaired) electrons. The highest BCUT2D eigenvalue weighted by atomic mass is 19.1. The van der Waals surface area contributed by atoms with Crippen LogP contribution in [0.2, 0.25) is 0 Å². The molecule has 5 nitrogen and oxygen atoms in total. The summed E-state index contributed by atoms with van der Waals surface area (Å²) in [4.78, 5) is 14.7. The van der Waals surface area contributed by atoms with E-state index in [1.165, 1.54) is 19.2 Å². The molecular weight excluding hydrogens is 249 g/mol. The molecule has 0 fully saturated rings. The zero-order valence-electron chi connectivity index (χ0n) is 10.2. The number of nitrogens with one attached hydrogen (secondary N) is 2. The van der Waals surface area contributed by atoms with Gasteiger partial charge in [-0.25, -0.2) is 4.79 Å². The predicted octanol–water partition coefficient (Wildman–Crippen LogP) is 2.76. The number of aromatic nitrogens is 1. The van der Waals surface area contributed by atoms with Gasteiger partial charge >= 0.3 is 6.03 Å². The number of nitrogens with zero attached hydrogens (tertiary/aromatic N) is 1. The molecule has 2 rings (SSSR count). The smallest absolute Gasteiger partial charge is 0.318 e. The van der Waals surface area contributed by atoms with Crippen LogP contribution in [-0.2, 0) is 0 Å². The Hall–Kier alpha value is -2.63. The summed E-state index contributed by atoms with van der Waals surface area (Å²) in [5.41, 5.74) is 0.624. The maximum absolute atomic E-state index is 12.9. The molecular formula is C13H12FN3O2. The van der Waals surface area contributed by atoms with Crippen LogP contribution < -0.4 is 15.4 Å². The maximum Gasteiger partial charge on any atom is 0.318 e. The zero-order chi connectivity index (χ0) is 13.7. The van der Waals surface area contributed by atoms with Crippen molar-refractivity contribution in [2.45, 2.75) is 0 Å². The summed E-state index contributed by atoms with van der Waals surface area (Å²) in [7, 11) is 1.53. The van der Waals surface area contributed by atoms with Gasteiger partial charge in [0.25, 0.3) is 0 Å². The number of urea groups is 1. The quantitative estimate of drug-likeness (QED) is 0.835. The summed E-state index contributed by atoms with van der Waals surface area (Å²) in [6, 6.07) is 10.6. The standard InChI is InChI=1S/C13H12FN3O2/c1-15-13(18)16-9-5-7-10(8-6-9)19-12-4-2-3-11(14)17-12/h2-8H,1H3,(H2,15,16,18). The lowest BCUT2D eigenvalue weighted by atomic mass is 10.3. The Morgan fingerprint density at radius 1 is 1.21 bits per heavy atom. The van der Waals surface area contributed by atoms with E-state index in [1.807, 2.05) is 0 Å². The molecule has 2 amide bonds. The van der Waals surface area contributed by atoms with Gasteiger partial charge in [-0.05, 0) is 30.3 Å². The Morgan fingerprint density at radius 3 is 2.58 bits per heavy atom. The van der Waals surface area contributed by atoms with Gasteiger partial charge in [0.05, 0.1) is 0 Å². The average Bonchev–Trinajstić information content (AvgIpc) is 2.41. The molecule has 0 aliphatic heterocycles. The highest BCUT2D eigenvalue weighted by Gasteiger charge is 2.02. The highest BCUT2D eigenvalue weighted by Crippen LogP contribution is 2.21. The van der Waals surface area contributed by atoms with Crippen molar-refractivity contribution in [3.8, 4) is 11.6 Å². The number of benzene rings is 1. The van der Waals surface area contributed by atoms with Crippen LogP contribution in [0.1, 0.15) is 0 Å².